The summed E-state index contributed by atoms with van der Waals surface area (Å²) in [6.07, 6.45) is 9.27. The smallest absolute Gasteiger partial charge is 0.341 e. The van der Waals surface area contributed by atoms with Crippen molar-refractivity contribution in [2.24, 2.45) is 0 Å². The zero-order valence-corrected chi connectivity index (χ0v) is 16.0. The number of anilines is 1. The molecule has 6 heteroatoms. The van der Waals surface area contributed by atoms with Gasteiger partial charge in [0.25, 0.3) is 0 Å². The summed E-state index contributed by atoms with van der Waals surface area (Å²) in [7, 11) is 0. The van der Waals surface area contributed by atoms with Crippen LogP contribution in [0.25, 0.3) is 0 Å². The van der Waals surface area contributed by atoms with E-state index in [4.69, 9.17) is 17.0 Å². The summed E-state index contributed by atoms with van der Waals surface area (Å²) in [4.78, 5) is 16.1. The molecule has 2 heterocycles. The van der Waals surface area contributed by atoms with Crippen LogP contribution in [0, 0.1) is 0 Å². The molecule has 24 heavy (non-hydrogen) atoms. The van der Waals surface area contributed by atoms with Gasteiger partial charge in [-0.15, -0.1) is 11.3 Å². The van der Waals surface area contributed by atoms with Gasteiger partial charge < -0.3 is 15.0 Å². The van der Waals surface area contributed by atoms with Crippen LogP contribution in [-0.2, 0) is 17.6 Å². The van der Waals surface area contributed by atoms with Crippen molar-refractivity contribution in [1.29, 1.82) is 0 Å². The van der Waals surface area contributed by atoms with Crippen LogP contribution in [0.1, 0.15) is 66.2 Å². The fourth-order valence-corrected chi connectivity index (χ4v) is 5.15. The molecule has 0 bridgehead atoms. The number of rotatable bonds is 3. The van der Waals surface area contributed by atoms with Gasteiger partial charge in [0.2, 0.25) is 0 Å². The lowest BCUT2D eigenvalue weighted by atomic mass is 9.96. The van der Waals surface area contributed by atoms with Crippen LogP contribution in [0.3, 0.4) is 0 Å². The fraction of sp³-hybridized carbons (Fsp3) is 0.667. The molecule has 0 aromatic carbocycles. The predicted octanol–water partition coefficient (Wildman–Crippen LogP) is 4.38. The summed E-state index contributed by atoms with van der Waals surface area (Å²) in [6, 6.07) is 0. The number of fused-ring (bicyclic) bond motifs is 1. The minimum absolute atomic E-state index is 0.206. The number of nitrogens with one attached hydrogen (secondary N) is 1. The largest absolute Gasteiger partial charge is 0.462 e. The molecule has 2 aliphatic rings. The molecular weight excluding hydrogens is 340 g/mol. The van der Waals surface area contributed by atoms with Gasteiger partial charge in [-0.05, 0) is 63.2 Å². The average molecular weight is 367 g/mol. The third-order valence-corrected chi connectivity index (χ3v) is 6.33. The number of thiocarbonyl (C=S) groups is 1. The van der Waals surface area contributed by atoms with E-state index in [9.17, 15) is 4.79 Å². The summed E-state index contributed by atoms with van der Waals surface area (Å²) < 4.78 is 5.34. The summed E-state index contributed by atoms with van der Waals surface area (Å²) in [5.74, 6) is -0.206. The molecule has 0 radical (unpaired) electrons. The lowest BCUT2D eigenvalue weighted by molar-refractivity contribution is 0.0526. The Morgan fingerprint density at radius 1 is 1.17 bits per heavy atom. The van der Waals surface area contributed by atoms with Gasteiger partial charge in [0, 0.05) is 18.0 Å². The van der Waals surface area contributed by atoms with E-state index in [-0.39, 0.29) is 5.97 Å². The van der Waals surface area contributed by atoms with Crippen LogP contribution >= 0.6 is 23.6 Å². The first-order chi connectivity index (χ1) is 11.7. The Bertz CT molecular complexity index is 606. The van der Waals surface area contributed by atoms with Crippen molar-refractivity contribution in [3.63, 3.8) is 0 Å². The number of ether oxygens (including phenoxy) is 1. The Morgan fingerprint density at radius 3 is 2.58 bits per heavy atom. The molecular formula is C18H26N2O2S2. The lowest BCUT2D eigenvalue weighted by Crippen LogP contribution is -2.32. The highest BCUT2D eigenvalue weighted by molar-refractivity contribution is 7.80. The Kier molecular flexibility index (Phi) is 6.11. The SMILES string of the molecule is CCOC(=O)c1c(NC(=S)N2CCCC2)sc2c1CCCCCC2. The van der Waals surface area contributed by atoms with Crippen LogP contribution in [-0.4, -0.2) is 35.7 Å². The Balaban J connectivity index is 1.89. The van der Waals surface area contributed by atoms with Crippen LogP contribution < -0.4 is 5.32 Å². The van der Waals surface area contributed by atoms with Gasteiger partial charge >= 0.3 is 5.97 Å². The number of aryl methyl sites for hydroxylation is 1. The Labute approximate surface area is 153 Å². The maximum Gasteiger partial charge on any atom is 0.341 e. The zero-order valence-electron chi connectivity index (χ0n) is 14.4. The molecule has 3 rings (SSSR count). The second-order valence-electron chi connectivity index (χ2n) is 6.47. The van der Waals surface area contributed by atoms with Gasteiger partial charge in [-0.2, -0.15) is 0 Å². The van der Waals surface area contributed by atoms with Crippen molar-refractivity contribution in [2.45, 2.75) is 58.3 Å². The van der Waals surface area contributed by atoms with Gasteiger partial charge in [-0.25, -0.2) is 4.79 Å². The molecule has 1 N–H and O–H groups in total. The number of likely N-dealkylation sites (tertiary alicyclic amines) is 1. The van der Waals surface area contributed by atoms with Crippen LogP contribution in [0.4, 0.5) is 5.00 Å². The first-order valence-electron chi connectivity index (χ1n) is 9.08. The topological polar surface area (TPSA) is 41.6 Å². The summed E-state index contributed by atoms with van der Waals surface area (Å²) in [5.41, 5.74) is 1.94. The molecule has 1 saturated heterocycles. The standard InChI is InChI=1S/C18H26N2O2S2/c1-2-22-17(21)15-13-9-5-3-4-6-10-14(13)24-16(15)19-18(23)20-11-7-8-12-20/h2-12H2,1H3,(H,19,23). The highest BCUT2D eigenvalue weighted by atomic mass is 32.1. The quantitative estimate of drug-likeness (QED) is 0.635. The summed E-state index contributed by atoms with van der Waals surface area (Å²) in [6.45, 7) is 4.27. The van der Waals surface area contributed by atoms with Crippen molar-refractivity contribution in [3.8, 4) is 0 Å². The first-order valence-corrected chi connectivity index (χ1v) is 10.3. The minimum Gasteiger partial charge on any atom is -0.462 e. The maximum absolute atomic E-state index is 12.6. The van der Waals surface area contributed by atoms with E-state index in [2.05, 4.69) is 10.2 Å². The molecule has 0 spiro atoms. The molecule has 0 unspecified atom stereocenters. The Morgan fingerprint density at radius 2 is 1.88 bits per heavy atom. The van der Waals surface area contributed by atoms with E-state index in [0.717, 1.165) is 48.0 Å². The molecule has 1 aliphatic heterocycles. The molecule has 1 aliphatic carbocycles. The predicted molar refractivity (Wildman–Crippen MR) is 103 cm³/mol. The van der Waals surface area contributed by atoms with Gasteiger partial charge in [-0.3, -0.25) is 0 Å². The number of hydrogen-bond donors (Lipinski definition) is 1. The molecule has 1 fully saturated rings. The second-order valence-corrected chi connectivity index (χ2v) is 7.96. The van der Waals surface area contributed by atoms with Crippen LogP contribution in [0.2, 0.25) is 0 Å². The third kappa shape index (κ3) is 3.91. The Hall–Kier alpha value is -1.14. The number of carbonyl (C=O) groups excluding carboxylic acids is 1. The number of thiophene rings is 1. The van der Waals surface area contributed by atoms with E-state index >= 15 is 0 Å². The molecule has 1 aromatic rings. The third-order valence-electron chi connectivity index (χ3n) is 4.76. The fourth-order valence-electron chi connectivity index (χ4n) is 3.52. The van der Waals surface area contributed by atoms with Gasteiger partial charge in [0.05, 0.1) is 12.2 Å². The summed E-state index contributed by atoms with van der Waals surface area (Å²) in [5, 5.41) is 4.99. The summed E-state index contributed by atoms with van der Waals surface area (Å²) >= 11 is 7.27. The normalized spacial score (nSPS) is 17.8. The monoisotopic (exact) mass is 366 g/mol. The zero-order chi connectivity index (χ0) is 16.9. The molecule has 4 nitrogen and oxygen atoms in total. The minimum atomic E-state index is -0.206. The molecule has 0 saturated carbocycles. The lowest BCUT2D eigenvalue weighted by Gasteiger charge is -2.19. The maximum atomic E-state index is 12.6. The van der Waals surface area contributed by atoms with Crippen LogP contribution in [0.5, 0.6) is 0 Å². The van der Waals surface area contributed by atoms with E-state index < -0.39 is 0 Å². The number of nitrogens with zero attached hydrogens (tertiary/aromatic N) is 1. The highest BCUT2D eigenvalue weighted by Gasteiger charge is 2.26. The number of carbonyl (C=O) groups is 1. The highest BCUT2D eigenvalue weighted by Crippen LogP contribution is 2.37. The molecule has 132 valence electrons. The van der Waals surface area contributed by atoms with E-state index in [1.165, 1.54) is 42.5 Å². The molecule has 1 aromatic heterocycles. The second kappa shape index (κ2) is 8.30. The van der Waals surface area contributed by atoms with Crippen molar-refractivity contribution in [3.05, 3.63) is 16.0 Å². The van der Waals surface area contributed by atoms with Gasteiger partial charge in [0.1, 0.15) is 5.00 Å². The van der Waals surface area contributed by atoms with Crippen molar-refractivity contribution in [2.75, 3.05) is 25.0 Å². The van der Waals surface area contributed by atoms with Gasteiger partial charge in [0.15, 0.2) is 5.11 Å². The molecule has 0 atom stereocenters. The van der Waals surface area contributed by atoms with Crippen molar-refractivity contribution < 1.29 is 9.53 Å². The molecule has 0 amide bonds. The van der Waals surface area contributed by atoms with Crippen LogP contribution in [0.15, 0.2) is 0 Å². The van der Waals surface area contributed by atoms with E-state index in [1.54, 1.807) is 11.3 Å². The van der Waals surface area contributed by atoms with Crippen molar-refractivity contribution >= 4 is 39.6 Å². The first kappa shape index (κ1) is 17.7. The van der Waals surface area contributed by atoms with Gasteiger partial charge in [-0.1, -0.05) is 12.8 Å². The van der Waals surface area contributed by atoms with E-state index in [1.807, 2.05) is 6.92 Å². The average Bonchev–Trinajstić information content (AvgIpc) is 3.16. The van der Waals surface area contributed by atoms with Crippen molar-refractivity contribution in [1.82, 2.24) is 4.90 Å². The van der Waals surface area contributed by atoms with E-state index in [0.29, 0.717) is 6.61 Å². The number of esters is 1. The number of hydrogen-bond acceptors (Lipinski definition) is 4.